The molecule has 0 fully saturated rings. The van der Waals surface area contributed by atoms with Crippen LogP contribution in [-0.4, -0.2) is 33.5 Å². The SMILES string of the molecule is O=C1CCc2cc(Nc3cc4c(cn3)cnn4S(=O)(=O)c3cccc4cccnc34)ccc2N1. The molecule has 0 saturated heterocycles. The smallest absolute Gasteiger partial charge is 0.285 e. The number of aromatic nitrogens is 4. The molecule has 2 N–H and O–H groups in total. The first-order valence-electron chi connectivity index (χ1n) is 10.6. The molecular weight excluding hydrogens is 452 g/mol. The van der Waals surface area contributed by atoms with Gasteiger partial charge >= 0.3 is 0 Å². The van der Waals surface area contributed by atoms with Gasteiger partial charge in [0.15, 0.2) is 0 Å². The van der Waals surface area contributed by atoms with Gasteiger partial charge in [0.25, 0.3) is 10.0 Å². The number of anilines is 3. The largest absolute Gasteiger partial charge is 0.340 e. The normalized spacial score (nSPS) is 13.6. The molecule has 9 nitrogen and oxygen atoms in total. The summed E-state index contributed by atoms with van der Waals surface area (Å²) in [6.45, 7) is 0. The molecule has 168 valence electrons. The molecule has 10 heteroatoms. The minimum Gasteiger partial charge on any atom is -0.340 e. The monoisotopic (exact) mass is 470 g/mol. The van der Waals surface area contributed by atoms with Crippen LogP contribution < -0.4 is 10.6 Å². The third-order valence-electron chi connectivity index (χ3n) is 5.79. The molecule has 6 rings (SSSR count). The molecule has 1 amide bonds. The van der Waals surface area contributed by atoms with Gasteiger partial charge in [0, 0.05) is 47.0 Å². The number of fused-ring (bicyclic) bond motifs is 3. The molecule has 4 heterocycles. The van der Waals surface area contributed by atoms with Gasteiger partial charge in [0.2, 0.25) is 5.91 Å². The zero-order valence-corrected chi connectivity index (χ0v) is 18.6. The Morgan fingerprint density at radius 3 is 2.74 bits per heavy atom. The Morgan fingerprint density at radius 1 is 0.941 bits per heavy atom. The van der Waals surface area contributed by atoms with Gasteiger partial charge in [-0.05, 0) is 42.3 Å². The van der Waals surface area contributed by atoms with E-state index in [4.69, 9.17) is 0 Å². The van der Waals surface area contributed by atoms with Gasteiger partial charge in [0.05, 0.1) is 17.2 Å². The molecule has 0 spiro atoms. The summed E-state index contributed by atoms with van der Waals surface area (Å²) in [5, 5.41) is 11.6. The summed E-state index contributed by atoms with van der Waals surface area (Å²) in [4.78, 5) is 20.4. The Hall–Kier alpha value is -4.31. The zero-order valence-electron chi connectivity index (χ0n) is 17.8. The van der Waals surface area contributed by atoms with Crippen LogP contribution in [-0.2, 0) is 21.2 Å². The summed E-state index contributed by atoms with van der Waals surface area (Å²) in [5.74, 6) is 0.483. The van der Waals surface area contributed by atoms with Crippen LogP contribution in [0.15, 0.2) is 78.1 Å². The highest BCUT2D eigenvalue weighted by molar-refractivity contribution is 7.90. The molecule has 0 unspecified atom stereocenters. The molecule has 2 aromatic carbocycles. The van der Waals surface area contributed by atoms with Crippen molar-refractivity contribution in [3.8, 4) is 0 Å². The number of para-hydroxylation sites is 1. The van der Waals surface area contributed by atoms with Crippen LogP contribution in [0.1, 0.15) is 12.0 Å². The molecule has 3 aromatic heterocycles. The summed E-state index contributed by atoms with van der Waals surface area (Å²) in [7, 11) is -4.01. The highest BCUT2D eigenvalue weighted by atomic mass is 32.2. The quantitative estimate of drug-likeness (QED) is 0.410. The van der Waals surface area contributed by atoms with Crippen molar-refractivity contribution in [3.05, 3.63) is 78.8 Å². The molecular formula is C24H18N6O3S. The Morgan fingerprint density at radius 2 is 1.82 bits per heavy atom. The predicted molar refractivity (Wildman–Crippen MR) is 129 cm³/mol. The lowest BCUT2D eigenvalue weighted by Crippen LogP contribution is -2.18. The van der Waals surface area contributed by atoms with Gasteiger partial charge in [-0.1, -0.05) is 18.2 Å². The summed E-state index contributed by atoms with van der Waals surface area (Å²) in [5.41, 5.74) is 3.41. The maximum atomic E-state index is 13.6. The van der Waals surface area contributed by atoms with Crippen molar-refractivity contribution in [1.29, 1.82) is 0 Å². The lowest BCUT2D eigenvalue weighted by atomic mass is 10.0. The van der Waals surface area contributed by atoms with E-state index in [1.165, 1.54) is 12.3 Å². The van der Waals surface area contributed by atoms with Crippen LogP contribution in [0.3, 0.4) is 0 Å². The van der Waals surface area contributed by atoms with Crippen molar-refractivity contribution in [3.63, 3.8) is 0 Å². The van der Waals surface area contributed by atoms with E-state index in [0.29, 0.717) is 35.1 Å². The van der Waals surface area contributed by atoms with Gasteiger partial charge in [-0.15, -0.1) is 0 Å². The second-order valence-corrected chi connectivity index (χ2v) is 9.73. The van der Waals surface area contributed by atoms with Crippen LogP contribution in [0.4, 0.5) is 17.2 Å². The highest BCUT2D eigenvalue weighted by Gasteiger charge is 2.24. The van der Waals surface area contributed by atoms with E-state index >= 15 is 0 Å². The fourth-order valence-electron chi connectivity index (χ4n) is 4.14. The van der Waals surface area contributed by atoms with Gasteiger partial charge in [-0.2, -0.15) is 17.6 Å². The fraction of sp³-hybridized carbons (Fsp3) is 0.0833. The molecule has 0 radical (unpaired) electrons. The third kappa shape index (κ3) is 3.35. The van der Waals surface area contributed by atoms with Crippen molar-refractivity contribution in [2.45, 2.75) is 17.7 Å². The van der Waals surface area contributed by atoms with Gasteiger partial charge in [-0.3, -0.25) is 9.78 Å². The fourth-order valence-corrected chi connectivity index (χ4v) is 5.58. The van der Waals surface area contributed by atoms with Crippen molar-refractivity contribution < 1.29 is 13.2 Å². The lowest BCUT2D eigenvalue weighted by molar-refractivity contribution is -0.116. The number of carbonyl (C=O) groups is 1. The van der Waals surface area contributed by atoms with E-state index in [-0.39, 0.29) is 10.8 Å². The number of hydrogen-bond acceptors (Lipinski definition) is 7. The number of nitrogens with zero attached hydrogens (tertiary/aromatic N) is 4. The van der Waals surface area contributed by atoms with Gasteiger partial charge in [-0.25, -0.2) is 4.98 Å². The zero-order chi connectivity index (χ0) is 23.3. The van der Waals surface area contributed by atoms with Crippen LogP contribution in [0.5, 0.6) is 0 Å². The van der Waals surface area contributed by atoms with Crippen molar-refractivity contribution in [2.75, 3.05) is 10.6 Å². The first kappa shape index (κ1) is 20.3. The average Bonchev–Trinajstić information content (AvgIpc) is 3.28. The van der Waals surface area contributed by atoms with Crippen molar-refractivity contribution in [1.82, 2.24) is 19.2 Å². The number of amides is 1. The predicted octanol–water partition coefficient (Wildman–Crippen LogP) is 3.84. The van der Waals surface area contributed by atoms with Crippen molar-refractivity contribution in [2.24, 2.45) is 0 Å². The summed E-state index contributed by atoms with van der Waals surface area (Å²) in [6, 6.07) is 15.9. The minimum atomic E-state index is -4.01. The summed E-state index contributed by atoms with van der Waals surface area (Å²) >= 11 is 0. The second-order valence-electron chi connectivity index (χ2n) is 8.00. The number of carbonyl (C=O) groups excluding carboxylic acids is 1. The number of benzene rings is 2. The molecule has 5 aromatic rings. The van der Waals surface area contributed by atoms with Crippen LogP contribution >= 0.6 is 0 Å². The van der Waals surface area contributed by atoms with E-state index in [0.717, 1.165) is 26.4 Å². The molecule has 1 aliphatic heterocycles. The Balaban J connectivity index is 1.40. The number of aryl methyl sites for hydroxylation is 1. The molecule has 0 aliphatic carbocycles. The maximum absolute atomic E-state index is 13.6. The van der Waals surface area contributed by atoms with Crippen LogP contribution in [0, 0.1) is 0 Å². The van der Waals surface area contributed by atoms with E-state index in [9.17, 15) is 13.2 Å². The average molecular weight is 471 g/mol. The van der Waals surface area contributed by atoms with Crippen LogP contribution in [0.25, 0.3) is 21.8 Å². The third-order valence-corrected chi connectivity index (χ3v) is 7.43. The molecule has 0 saturated carbocycles. The number of hydrogen-bond donors (Lipinski definition) is 2. The van der Waals surface area contributed by atoms with E-state index in [2.05, 4.69) is 25.7 Å². The first-order valence-corrected chi connectivity index (χ1v) is 12.1. The summed E-state index contributed by atoms with van der Waals surface area (Å²) in [6.07, 6.45) is 5.73. The molecule has 34 heavy (non-hydrogen) atoms. The van der Waals surface area contributed by atoms with E-state index in [1.807, 2.05) is 30.3 Å². The Kier molecular flexibility index (Phi) is 4.56. The Labute approximate surface area is 194 Å². The molecule has 1 aliphatic rings. The highest BCUT2D eigenvalue weighted by Crippen LogP contribution is 2.29. The van der Waals surface area contributed by atoms with E-state index < -0.39 is 10.0 Å². The minimum absolute atomic E-state index is 0.0104. The topological polar surface area (TPSA) is 119 Å². The Bertz CT molecular complexity index is 1710. The summed E-state index contributed by atoms with van der Waals surface area (Å²) < 4.78 is 28.1. The molecule has 0 atom stereocenters. The molecule has 0 bridgehead atoms. The van der Waals surface area contributed by atoms with Crippen LogP contribution in [0.2, 0.25) is 0 Å². The standard InChI is InChI=1S/C24H18N6O3S/c31-23-9-6-16-11-18(7-8-19(16)29-23)28-22-12-20-17(13-26-22)14-27-30(20)34(32,33)21-5-1-3-15-4-2-10-25-24(15)21/h1-5,7-8,10-14H,6,9H2,(H,26,28)(H,29,31). The number of rotatable bonds is 4. The number of nitrogens with one attached hydrogen (secondary N) is 2. The number of pyridine rings is 2. The van der Waals surface area contributed by atoms with Gasteiger partial charge < -0.3 is 10.6 Å². The second kappa shape index (κ2) is 7.63. The van der Waals surface area contributed by atoms with Gasteiger partial charge in [0.1, 0.15) is 10.7 Å². The first-order chi connectivity index (χ1) is 16.5. The van der Waals surface area contributed by atoms with Crippen molar-refractivity contribution >= 4 is 54.9 Å². The maximum Gasteiger partial charge on any atom is 0.285 e. The lowest BCUT2D eigenvalue weighted by Gasteiger charge is -2.18. The van der Waals surface area contributed by atoms with E-state index in [1.54, 1.807) is 30.6 Å².